The molecule has 1 aromatic rings. The molecule has 7 heteroatoms. The van der Waals surface area contributed by atoms with Crippen molar-refractivity contribution in [2.75, 3.05) is 13.7 Å². The van der Waals surface area contributed by atoms with Crippen LogP contribution in [0.3, 0.4) is 0 Å². The number of halogens is 1. The molecular weight excluding hydrogens is 377 g/mol. The largest absolute Gasteiger partial charge is 0.375 e. The highest BCUT2D eigenvalue weighted by atomic mass is 19.1. The van der Waals surface area contributed by atoms with Crippen molar-refractivity contribution in [1.82, 2.24) is 5.32 Å². The van der Waals surface area contributed by atoms with Gasteiger partial charge in [0.2, 0.25) is 0 Å². The molecule has 3 aliphatic rings. The number of ether oxygens (including phenoxy) is 4. The summed E-state index contributed by atoms with van der Waals surface area (Å²) in [5, 5.41) is 2.73. The first-order valence-electron chi connectivity index (χ1n) is 10.4. The van der Waals surface area contributed by atoms with E-state index in [1.54, 1.807) is 19.2 Å². The molecule has 0 aromatic heterocycles. The number of hydrogen-bond acceptors (Lipinski definition) is 5. The van der Waals surface area contributed by atoms with Crippen molar-refractivity contribution in [3.63, 3.8) is 0 Å². The minimum atomic E-state index is -1.12. The van der Waals surface area contributed by atoms with Crippen molar-refractivity contribution < 1.29 is 28.1 Å². The number of carbonyl (C=O) groups excluding carboxylic acids is 1. The van der Waals surface area contributed by atoms with Gasteiger partial charge in [0.1, 0.15) is 11.9 Å². The van der Waals surface area contributed by atoms with Gasteiger partial charge in [0.15, 0.2) is 11.4 Å². The van der Waals surface area contributed by atoms with Gasteiger partial charge in [-0.3, -0.25) is 4.79 Å². The van der Waals surface area contributed by atoms with E-state index in [9.17, 15) is 9.18 Å². The van der Waals surface area contributed by atoms with Crippen LogP contribution in [0.15, 0.2) is 24.3 Å². The number of likely N-dealkylation sites (N-methyl/N-ethyl adjacent to an activating group) is 1. The first-order valence-corrected chi connectivity index (χ1v) is 10.4. The van der Waals surface area contributed by atoms with Gasteiger partial charge in [-0.2, -0.15) is 0 Å². The maximum Gasteiger partial charge on any atom is 0.252 e. The standard InChI is InChI=1S/C22H30FNO5/c1-21(2)28-18-11-22(20(25)24-3,27-13-15-5-4-6-16(23)9-15)10-17(19(18)29-21)26-12-14-7-8-14/h4-6,9,14,17-19H,7-8,10-13H2,1-3H3,(H,24,25)/t17?,18-,19+,22-/m1/s1. The number of rotatable bonds is 7. The van der Waals surface area contributed by atoms with Gasteiger partial charge in [0.25, 0.3) is 5.91 Å². The van der Waals surface area contributed by atoms with Gasteiger partial charge < -0.3 is 24.3 Å². The number of nitrogens with one attached hydrogen (secondary N) is 1. The highest BCUT2D eigenvalue weighted by Gasteiger charge is 2.58. The Balaban J connectivity index is 1.56. The van der Waals surface area contributed by atoms with Gasteiger partial charge in [0.05, 0.1) is 18.8 Å². The summed E-state index contributed by atoms with van der Waals surface area (Å²) in [7, 11) is 1.59. The second-order valence-corrected chi connectivity index (χ2v) is 8.85. The normalized spacial score (nSPS) is 33.3. The fourth-order valence-electron chi connectivity index (χ4n) is 4.33. The number of amides is 1. The van der Waals surface area contributed by atoms with Crippen LogP contribution in [0.4, 0.5) is 4.39 Å². The summed E-state index contributed by atoms with van der Waals surface area (Å²) in [6, 6.07) is 6.22. The summed E-state index contributed by atoms with van der Waals surface area (Å²) in [5.74, 6) is -0.699. The van der Waals surface area contributed by atoms with Crippen LogP contribution < -0.4 is 5.32 Å². The van der Waals surface area contributed by atoms with Gasteiger partial charge in [0, 0.05) is 26.5 Å². The second-order valence-electron chi connectivity index (χ2n) is 8.85. The minimum absolute atomic E-state index is 0.127. The minimum Gasteiger partial charge on any atom is -0.375 e. The fourth-order valence-corrected chi connectivity index (χ4v) is 4.33. The average molecular weight is 407 g/mol. The molecule has 4 atom stereocenters. The zero-order valence-electron chi connectivity index (χ0n) is 17.3. The first-order chi connectivity index (χ1) is 13.8. The summed E-state index contributed by atoms with van der Waals surface area (Å²) in [6.45, 7) is 4.53. The van der Waals surface area contributed by atoms with E-state index in [-0.39, 0.29) is 36.6 Å². The SMILES string of the molecule is CNC(=O)[C@@]1(OCc2cccc(F)c2)CC(OCC2CC2)[C@@H]2OC(C)(C)O[C@@H]2C1. The molecule has 0 radical (unpaired) electrons. The zero-order valence-corrected chi connectivity index (χ0v) is 17.3. The smallest absolute Gasteiger partial charge is 0.252 e. The molecule has 1 aromatic carbocycles. The van der Waals surface area contributed by atoms with E-state index >= 15 is 0 Å². The van der Waals surface area contributed by atoms with Crippen LogP contribution in [0.1, 0.15) is 45.1 Å². The predicted molar refractivity (Wildman–Crippen MR) is 104 cm³/mol. The van der Waals surface area contributed by atoms with Crippen LogP contribution in [-0.4, -0.2) is 49.3 Å². The quantitative estimate of drug-likeness (QED) is 0.753. The maximum absolute atomic E-state index is 13.6. The molecule has 1 aliphatic heterocycles. The molecule has 2 aliphatic carbocycles. The molecule has 3 fully saturated rings. The lowest BCUT2D eigenvalue weighted by atomic mass is 9.78. The first kappa shape index (κ1) is 20.7. The summed E-state index contributed by atoms with van der Waals surface area (Å²) in [5.41, 5.74) is -0.449. The lowest BCUT2D eigenvalue weighted by Crippen LogP contribution is -2.59. The lowest BCUT2D eigenvalue weighted by molar-refractivity contribution is -0.182. The molecule has 1 unspecified atom stereocenters. The Hall–Kier alpha value is -1.54. The van der Waals surface area contributed by atoms with Crippen molar-refractivity contribution in [2.24, 2.45) is 5.92 Å². The summed E-state index contributed by atoms with van der Waals surface area (Å²) in [4.78, 5) is 13.0. The van der Waals surface area contributed by atoms with Gasteiger partial charge in [-0.25, -0.2) is 4.39 Å². The Kier molecular flexibility index (Phi) is 5.68. The summed E-state index contributed by atoms with van der Waals surface area (Å²) >= 11 is 0. The van der Waals surface area contributed by atoms with Crippen molar-refractivity contribution in [3.8, 4) is 0 Å². The Bertz CT molecular complexity index is 752. The maximum atomic E-state index is 13.6. The van der Waals surface area contributed by atoms with Crippen molar-refractivity contribution in [3.05, 3.63) is 35.6 Å². The number of fused-ring (bicyclic) bond motifs is 1. The average Bonchev–Trinajstić information content (AvgIpc) is 3.45. The molecular formula is C22H30FNO5. The van der Waals surface area contributed by atoms with Crippen LogP contribution in [0.5, 0.6) is 0 Å². The van der Waals surface area contributed by atoms with Gasteiger partial charge in [-0.15, -0.1) is 0 Å². The topological polar surface area (TPSA) is 66.0 Å². The van der Waals surface area contributed by atoms with Crippen LogP contribution in [-0.2, 0) is 30.3 Å². The van der Waals surface area contributed by atoms with E-state index in [1.807, 2.05) is 13.8 Å². The Morgan fingerprint density at radius 2 is 2.07 bits per heavy atom. The van der Waals surface area contributed by atoms with E-state index in [0.717, 1.165) is 0 Å². The van der Waals surface area contributed by atoms with E-state index in [0.29, 0.717) is 30.9 Å². The van der Waals surface area contributed by atoms with Crippen LogP contribution in [0, 0.1) is 11.7 Å². The molecule has 1 heterocycles. The van der Waals surface area contributed by atoms with Crippen molar-refractivity contribution >= 4 is 5.91 Å². The van der Waals surface area contributed by atoms with Gasteiger partial charge >= 0.3 is 0 Å². The molecule has 4 rings (SSSR count). The van der Waals surface area contributed by atoms with E-state index in [1.165, 1.54) is 25.0 Å². The second kappa shape index (κ2) is 7.95. The van der Waals surface area contributed by atoms with Gasteiger partial charge in [-0.1, -0.05) is 12.1 Å². The molecule has 0 spiro atoms. The Labute approximate surface area is 171 Å². The third-order valence-electron chi connectivity index (χ3n) is 5.94. The third-order valence-corrected chi connectivity index (χ3v) is 5.94. The summed E-state index contributed by atoms with van der Waals surface area (Å²) in [6.07, 6.45) is 2.24. The van der Waals surface area contributed by atoms with E-state index < -0.39 is 11.4 Å². The van der Waals surface area contributed by atoms with E-state index in [2.05, 4.69) is 5.32 Å². The van der Waals surface area contributed by atoms with Gasteiger partial charge in [-0.05, 0) is 50.3 Å². The predicted octanol–water partition coefficient (Wildman–Crippen LogP) is 2.94. The number of hydrogen-bond donors (Lipinski definition) is 1. The number of carbonyl (C=O) groups is 1. The van der Waals surface area contributed by atoms with Crippen molar-refractivity contribution in [1.29, 1.82) is 0 Å². The highest BCUT2D eigenvalue weighted by molar-refractivity contribution is 5.85. The monoisotopic (exact) mass is 407 g/mol. The molecule has 160 valence electrons. The molecule has 1 N–H and O–H groups in total. The molecule has 2 saturated carbocycles. The Morgan fingerprint density at radius 1 is 1.28 bits per heavy atom. The van der Waals surface area contributed by atoms with Crippen LogP contribution in [0.2, 0.25) is 0 Å². The fraction of sp³-hybridized carbons (Fsp3) is 0.682. The molecule has 1 saturated heterocycles. The van der Waals surface area contributed by atoms with Crippen LogP contribution in [0.25, 0.3) is 0 Å². The number of benzene rings is 1. The summed E-state index contributed by atoms with van der Waals surface area (Å²) < 4.78 is 38.2. The molecule has 6 nitrogen and oxygen atoms in total. The van der Waals surface area contributed by atoms with E-state index in [4.69, 9.17) is 18.9 Å². The Morgan fingerprint density at radius 3 is 2.76 bits per heavy atom. The molecule has 1 amide bonds. The highest BCUT2D eigenvalue weighted by Crippen LogP contribution is 2.44. The lowest BCUT2D eigenvalue weighted by Gasteiger charge is -2.43. The van der Waals surface area contributed by atoms with Crippen molar-refractivity contribution in [2.45, 2.75) is 75.8 Å². The molecule has 29 heavy (non-hydrogen) atoms. The zero-order chi connectivity index (χ0) is 20.6. The third kappa shape index (κ3) is 4.63. The van der Waals surface area contributed by atoms with Crippen LogP contribution >= 0.6 is 0 Å². The molecule has 0 bridgehead atoms.